The highest BCUT2D eigenvalue weighted by Gasteiger charge is 2.37. The van der Waals surface area contributed by atoms with Crippen molar-refractivity contribution in [1.82, 2.24) is 15.2 Å². The second-order valence-electron chi connectivity index (χ2n) is 16.0. The lowest BCUT2D eigenvalue weighted by Crippen LogP contribution is -2.52. The summed E-state index contributed by atoms with van der Waals surface area (Å²) in [7, 11) is 0. The van der Waals surface area contributed by atoms with E-state index in [1.165, 1.54) is 12.1 Å². The minimum absolute atomic E-state index is 0.0343. The maximum absolute atomic E-state index is 13.4. The molecule has 5 aromatic carbocycles. The average molecular weight is 822 g/mol. The van der Waals surface area contributed by atoms with Crippen LogP contribution >= 0.6 is 0 Å². The lowest BCUT2D eigenvalue weighted by molar-refractivity contribution is -0.159. The van der Waals surface area contributed by atoms with Crippen molar-refractivity contribution in [2.45, 2.75) is 57.0 Å². The lowest BCUT2D eigenvalue weighted by atomic mass is 9.85. The van der Waals surface area contributed by atoms with E-state index in [1.807, 2.05) is 91.0 Å². The van der Waals surface area contributed by atoms with Crippen molar-refractivity contribution >= 4 is 22.8 Å². The summed E-state index contributed by atoms with van der Waals surface area (Å²) >= 11 is 0. The Kier molecular flexibility index (Phi) is 13.2. The molecule has 3 atom stereocenters. The molecule has 0 saturated carbocycles. The Hall–Kier alpha value is -6.27. The number of phenols is 1. The number of H-pyrrole nitrogens is 1. The van der Waals surface area contributed by atoms with Crippen molar-refractivity contribution in [2.24, 2.45) is 5.92 Å². The number of aromatic nitrogens is 1. The van der Waals surface area contributed by atoms with Crippen LogP contribution in [0.2, 0.25) is 0 Å². The smallest absolute Gasteiger partial charge is 0.338 e. The normalized spacial score (nSPS) is 18.0. The molecule has 11 nitrogen and oxygen atoms in total. The summed E-state index contributed by atoms with van der Waals surface area (Å²) in [5.74, 6) is 0.269. The van der Waals surface area contributed by atoms with Gasteiger partial charge in [-0.15, -0.1) is 0 Å². The number of carbonyl (C=O) groups is 2. The van der Waals surface area contributed by atoms with Gasteiger partial charge >= 0.3 is 11.9 Å². The standard InChI is InChI=1S/C50H51N3O8/c54-44-18-16-41(42-17-19-47(56)52-49(42)44)45(55)29-51-23-20-33-12-14-34(15-13-33)31-60-50(58)39-10-4-6-35(26-39)32-59-40-11-5-9-38(27-40)43(36-7-2-1-3-8-36)28-48(57)61-46-30-53-24-21-37(46)22-25-53/h1-19,26-27,37,43,45-46,51,54-55H,20-25,28-32H2,(H,52,56)/t43-,45-,46-/m0/s1. The predicted octanol–water partition coefficient (Wildman–Crippen LogP) is 7.19. The van der Waals surface area contributed by atoms with Crippen LogP contribution in [-0.2, 0) is 33.9 Å². The first kappa shape index (κ1) is 41.5. The van der Waals surface area contributed by atoms with Gasteiger partial charge in [-0.1, -0.05) is 84.9 Å². The minimum Gasteiger partial charge on any atom is -0.506 e. The van der Waals surface area contributed by atoms with Gasteiger partial charge in [-0.05, 0) is 115 Å². The quantitative estimate of drug-likeness (QED) is 0.0550. The fraction of sp³-hybridized carbons (Fsp3) is 0.300. The lowest BCUT2D eigenvalue weighted by Gasteiger charge is -2.44. The van der Waals surface area contributed by atoms with Crippen LogP contribution in [0, 0.1) is 5.92 Å². The van der Waals surface area contributed by atoms with Crippen LogP contribution in [0.3, 0.4) is 0 Å². The number of aromatic amines is 1. The summed E-state index contributed by atoms with van der Waals surface area (Å²) in [6.07, 6.45) is 2.27. The maximum atomic E-state index is 13.4. The summed E-state index contributed by atoms with van der Waals surface area (Å²) in [5.41, 5.74) is 5.79. The SMILES string of the molecule is O=C(C[C@@H](c1ccccc1)c1cccc(OCc2cccc(C(=O)OCc3ccc(CCNC[C@H](O)c4ccc(O)c5[nH]c(=O)ccc45)cc3)c2)c1)O[C@H]1CN2CCC1CC2. The fourth-order valence-corrected chi connectivity index (χ4v) is 8.48. The van der Waals surface area contributed by atoms with Crippen LogP contribution in [0.25, 0.3) is 10.9 Å². The third-order valence-electron chi connectivity index (χ3n) is 11.9. The van der Waals surface area contributed by atoms with Gasteiger partial charge in [0.2, 0.25) is 5.56 Å². The number of hydrogen-bond donors (Lipinski definition) is 4. The molecule has 6 aromatic rings. The molecule has 3 aliphatic rings. The summed E-state index contributed by atoms with van der Waals surface area (Å²) in [6, 6.07) is 39.1. The van der Waals surface area contributed by atoms with Crippen LogP contribution in [-0.4, -0.2) is 70.9 Å². The number of fused-ring (bicyclic) bond motifs is 4. The van der Waals surface area contributed by atoms with E-state index in [0.717, 1.165) is 66.7 Å². The summed E-state index contributed by atoms with van der Waals surface area (Å²) in [4.78, 5) is 43.2. The van der Waals surface area contributed by atoms with Gasteiger partial charge in [0, 0.05) is 30.5 Å². The summed E-state index contributed by atoms with van der Waals surface area (Å²) < 4.78 is 18.0. The molecule has 314 valence electrons. The monoisotopic (exact) mass is 821 g/mol. The molecule has 9 rings (SSSR count). The number of aliphatic hydroxyl groups is 1. The van der Waals surface area contributed by atoms with Crippen molar-refractivity contribution in [1.29, 1.82) is 0 Å². The van der Waals surface area contributed by atoms with Crippen LogP contribution in [0.15, 0.2) is 132 Å². The number of benzene rings is 5. The Morgan fingerprint density at radius 3 is 2.36 bits per heavy atom. The Morgan fingerprint density at radius 1 is 0.803 bits per heavy atom. The van der Waals surface area contributed by atoms with E-state index in [9.17, 15) is 24.6 Å². The third kappa shape index (κ3) is 10.6. The van der Waals surface area contributed by atoms with E-state index in [2.05, 4.69) is 15.2 Å². The first-order valence-corrected chi connectivity index (χ1v) is 21.0. The van der Waals surface area contributed by atoms with Gasteiger partial charge in [-0.2, -0.15) is 0 Å². The van der Waals surface area contributed by atoms with Gasteiger partial charge in [-0.3, -0.25) is 14.5 Å². The molecule has 3 saturated heterocycles. The minimum atomic E-state index is -0.834. The highest BCUT2D eigenvalue weighted by molar-refractivity contribution is 5.89. The Labute approximate surface area is 354 Å². The van der Waals surface area contributed by atoms with Crippen molar-refractivity contribution in [3.63, 3.8) is 0 Å². The number of nitrogens with one attached hydrogen (secondary N) is 2. The van der Waals surface area contributed by atoms with E-state index >= 15 is 0 Å². The predicted molar refractivity (Wildman–Crippen MR) is 232 cm³/mol. The molecule has 4 heterocycles. The van der Waals surface area contributed by atoms with E-state index in [0.29, 0.717) is 46.8 Å². The zero-order chi connectivity index (χ0) is 42.1. The van der Waals surface area contributed by atoms with E-state index < -0.39 is 12.1 Å². The molecule has 4 N–H and O–H groups in total. The van der Waals surface area contributed by atoms with Gasteiger partial charge in [-0.25, -0.2) is 4.79 Å². The molecule has 3 fully saturated rings. The molecule has 0 aliphatic carbocycles. The largest absolute Gasteiger partial charge is 0.506 e. The van der Waals surface area contributed by atoms with E-state index in [1.54, 1.807) is 24.3 Å². The number of pyridine rings is 1. The summed E-state index contributed by atoms with van der Waals surface area (Å²) in [6.45, 7) is 4.29. The van der Waals surface area contributed by atoms with E-state index in [4.69, 9.17) is 14.2 Å². The van der Waals surface area contributed by atoms with Crippen LogP contribution < -0.4 is 15.6 Å². The number of piperidine rings is 3. The van der Waals surface area contributed by atoms with Gasteiger partial charge in [0.15, 0.2) is 0 Å². The molecule has 1 aromatic heterocycles. The molecule has 3 aliphatic heterocycles. The number of phenolic OH excluding ortho intramolecular Hbond substituents is 1. The van der Waals surface area contributed by atoms with Crippen molar-refractivity contribution in [2.75, 3.05) is 32.7 Å². The topological polar surface area (TPSA) is 150 Å². The second kappa shape index (κ2) is 19.4. The maximum Gasteiger partial charge on any atom is 0.338 e. The highest BCUT2D eigenvalue weighted by Crippen LogP contribution is 2.34. The molecular weight excluding hydrogens is 771 g/mol. The molecular formula is C50H51N3O8. The van der Waals surface area contributed by atoms with Crippen LogP contribution in [0.1, 0.15) is 75.0 Å². The molecule has 2 bridgehead atoms. The third-order valence-corrected chi connectivity index (χ3v) is 11.9. The Morgan fingerprint density at radius 2 is 1.57 bits per heavy atom. The zero-order valence-corrected chi connectivity index (χ0v) is 34.0. The molecule has 0 unspecified atom stereocenters. The van der Waals surface area contributed by atoms with Gasteiger partial charge in [0.1, 0.15) is 30.8 Å². The van der Waals surface area contributed by atoms with Crippen LogP contribution in [0.5, 0.6) is 11.5 Å². The number of esters is 2. The molecule has 0 spiro atoms. The van der Waals surface area contributed by atoms with Crippen LogP contribution in [0.4, 0.5) is 0 Å². The number of aromatic hydroxyl groups is 1. The van der Waals surface area contributed by atoms with Crippen molar-refractivity contribution in [3.8, 4) is 11.5 Å². The molecule has 0 amide bonds. The number of ether oxygens (including phenoxy) is 3. The number of carbonyl (C=O) groups excluding carboxylic acids is 2. The Balaban J connectivity index is 0.804. The first-order chi connectivity index (χ1) is 29.8. The van der Waals surface area contributed by atoms with Gasteiger partial charge in [0.05, 0.1) is 23.6 Å². The van der Waals surface area contributed by atoms with Gasteiger partial charge in [0.25, 0.3) is 0 Å². The Bertz CT molecular complexity index is 2500. The van der Waals surface area contributed by atoms with Crippen molar-refractivity contribution in [3.05, 3.63) is 177 Å². The number of nitrogens with zero attached hydrogens (tertiary/aromatic N) is 1. The highest BCUT2D eigenvalue weighted by atomic mass is 16.5. The molecule has 0 radical (unpaired) electrons. The first-order valence-electron chi connectivity index (χ1n) is 21.0. The number of aliphatic hydroxyl groups excluding tert-OH is 1. The number of hydrogen-bond acceptors (Lipinski definition) is 10. The summed E-state index contributed by atoms with van der Waals surface area (Å²) in [5, 5.41) is 24.8. The fourth-order valence-electron chi connectivity index (χ4n) is 8.48. The average Bonchev–Trinajstić information content (AvgIpc) is 3.29. The number of rotatable bonds is 17. The zero-order valence-electron chi connectivity index (χ0n) is 34.0. The molecule has 11 heteroatoms. The second-order valence-corrected chi connectivity index (χ2v) is 16.0. The van der Waals surface area contributed by atoms with Gasteiger partial charge < -0.3 is 34.7 Å². The van der Waals surface area contributed by atoms with Crippen molar-refractivity contribution < 1.29 is 34.0 Å². The molecule has 61 heavy (non-hydrogen) atoms. The van der Waals surface area contributed by atoms with E-state index in [-0.39, 0.29) is 48.9 Å².